The lowest BCUT2D eigenvalue weighted by atomic mass is 10.1. The number of nitrogens with one attached hydrogen (secondary N) is 1. The highest BCUT2D eigenvalue weighted by atomic mass is 35.5. The van der Waals surface area contributed by atoms with Crippen molar-refractivity contribution in [2.45, 2.75) is 13.5 Å². The van der Waals surface area contributed by atoms with Crippen LogP contribution >= 0.6 is 11.6 Å². The number of hydrogen-bond acceptors (Lipinski definition) is 4. The first-order valence-corrected chi connectivity index (χ1v) is 8.26. The summed E-state index contributed by atoms with van der Waals surface area (Å²) in [5.74, 6) is 5.94. The summed E-state index contributed by atoms with van der Waals surface area (Å²) < 4.78 is 0. The molecule has 0 radical (unpaired) electrons. The van der Waals surface area contributed by atoms with Gasteiger partial charge in [0.2, 0.25) is 0 Å². The molecule has 0 unspecified atom stereocenters. The summed E-state index contributed by atoms with van der Waals surface area (Å²) in [6.07, 6.45) is 0. The summed E-state index contributed by atoms with van der Waals surface area (Å²) in [7, 11) is 0. The molecule has 0 spiro atoms. The highest BCUT2D eigenvalue weighted by molar-refractivity contribution is 6.31. The molecule has 0 saturated heterocycles. The van der Waals surface area contributed by atoms with Gasteiger partial charge in [-0.2, -0.15) is 0 Å². The third kappa shape index (κ3) is 3.75. The van der Waals surface area contributed by atoms with E-state index in [2.05, 4.69) is 32.2 Å². The number of rotatable bonds is 3. The minimum atomic E-state index is -0.252. The van der Waals surface area contributed by atoms with E-state index >= 15 is 0 Å². The summed E-state index contributed by atoms with van der Waals surface area (Å²) in [4.78, 5) is 3.47. The van der Waals surface area contributed by atoms with Crippen LogP contribution in [-0.2, 0) is 6.54 Å². The fourth-order valence-corrected chi connectivity index (χ4v) is 2.69. The summed E-state index contributed by atoms with van der Waals surface area (Å²) in [6, 6.07) is 11.1. The molecule has 0 fully saturated rings. The first kappa shape index (κ1) is 17.7. The average molecular weight is 363 g/mol. The standard InChI is InChI=1S/C20H15ClN4O/c1-13-5-6-14(10-18(13)21)12-23-20-17-11-15(22-2)7-8-16(17)19(24-25-20)4-3-9-26/h5-8,10-11,26H,9,12H2,1H3,(H,23,25). The number of benzene rings is 2. The topological polar surface area (TPSA) is 62.4 Å². The lowest BCUT2D eigenvalue weighted by molar-refractivity contribution is 0.350. The number of anilines is 1. The van der Waals surface area contributed by atoms with Crippen molar-refractivity contribution in [2.24, 2.45) is 0 Å². The Hall–Kier alpha value is -3.12. The summed E-state index contributed by atoms with van der Waals surface area (Å²) in [5.41, 5.74) is 3.01. The molecule has 0 atom stereocenters. The lowest BCUT2D eigenvalue weighted by Gasteiger charge is -2.10. The number of halogens is 1. The monoisotopic (exact) mass is 362 g/mol. The molecule has 6 heteroatoms. The highest BCUT2D eigenvalue weighted by Crippen LogP contribution is 2.28. The SMILES string of the molecule is [C-]#[N+]c1ccc2c(C#CCO)nnc(NCc3ccc(C)c(Cl)c3)c2c1. The van der Waals surface area contributed by atoms with Crippen molar-refractivity contribution < 1.29 is 5.11 Å². The van der Waals surface area contributed by atoms with Gasteiger partial charge in [0, 0.05) is 22.3 Å². The van der Waals surface area contributed by atoms with E-state index in [0.717, 1.165) is 21.9 Å². The van der Waals surface area contributed by atoms with Gasteiger partial charge >= 0.3 is 0 Å². The number of fused-ring (bicyclic) bond motifs is 1. The van der Waals surface area contributed by atoms with Gasteiger partial charge in [-0.3, -0.25) is 0 Å². The molecule has 1 heterocycles. The second-order valence-corrected chi connectivity index (χ2v) is 6.04. The van der Waals surface area contributed by atoms with Crippen molar-refractivity contribution in [3.8, 4) is 11.8 Å². The molecule has 0 amide bonds. The van der Waals surface area contributed by atoms with Gasteiger partial charge in [0.15, 0.2) is 11.5 Å². The molecule has 0 aliphatic carbocycles. The number of aliphatic hydroxyl groups excluding tert-OH is 1. The van der Waals surface area contributed by atoms with Gasteiger partial charge in [-0.1, -0.05) is 41.8 Å². The smallest absolute Gasteiger partial charge is 0.188 e. The van der Waals surface area contributed by atoms with E-state index in [4.69, 9.17) is 23.3 Å². The Morgan fingerprint density at radius 3 is 2.77 bits per heavy atom. The van der Waals surface area contributed by atoms with E-state index in [1.807, 2.05) is 25.1 Å². The first-order chi connectivity index (χ1) is 12.6. The zero-order valence-electron chi connectivity index (χ0n) is 14.0. The summed E-state index contributed by atoms with van der Waals surface area (Å²) in [6.45, 7) is 9.45. The summed E-state index contributed by atoms with van der Waals surface area (Å²) in [5, 5.41) is 22.8. The van der Waals surface area contributed by atoms with Crippen molar-refractivity contribution in [3.05, 3.63) is 69.7 Å². The Labute approximate surface area is 156 Å². The summed E-state index contributed by atoms with van der Waals surface area (Å²) >= 11 is 6.17. The van der Waals surface area contributed by atoms with Crippen LogP contribution in [0.1, 0.15) is 16.8 Å². The predicted molar refractivity (Wildman–Crippen MR) is 103 cm³/mol. The van der Waals surface area contributed by atoms with Crippen LogP contribution in [0.3, 0.4) is 0 Å². The molecule has 0 bridgehead atoms. The molecule has 3 rings (SSSR count). The Bertz CT molecular complexity index is 1080. The molecule has 2 aromatic carbocycles. The van der Waals surface area contributed by atoms with Crippen LogP contribution in [0, 0.1) is 25.3 Å². The Balaban J connectivity index is 1.99. The molecule has 3 aromatic rings. The van der Waals surface area contributed by atoms with E-state index in [0.29, 0.717) is 28.8 Å². The Morgan fingerprint density at radius 2 is 2.04 bits per heavy atom. The van der Waals surface area contributed by atoms with Crippen LogP contribution in [0.25, 0.3) is 15.6 Å². The van der Waals surface area contributed by atoms with Gasteiger partial charge in [0.25, 0.3) is 0 Å². The van der Waals surface area contributed by atoms with Gasteiger partial charge in [-0.25, -0.2) is 4.85 Å². The fraction of sp³-hybridized carbons (Fsp3) is 0.150. The normalized spacial score (nSPS) is 10.1. The van der Waals surface area contributed by atoms with Gasteiger partial charge < -0.3 is 10.4 Å². The van der Waals surface area contributed by atoms with Crippen molar-refractivity contribution in [2.75, 3.05) is 11.9 Å². The fourth-order valence-electron chi connectivity index (χ4n) is 2.49. The second kappa shape index (κ2) is 7.84. The molecule has 5 nitrogen and oxygen atoms in total. The van der Waals surface area contributed by atoms with Gasteiger partial charge in [0.1, 0.15) is 12.3 Å². The maximum absolute atomic E-state index is 8.90. The van der Waals surface area contributed by atoms with Crippen molar-refractivity contribution in [3.63, 3.8) is 0 Å². The molecule has 26 heavy (non-hydrogen) atoms. The van der Waals surface area contributed by atoms with Crippen molar-refractivity contribution in [1.29, 1.82) is 0 Å². The largest absolute Gasteiger partial charge is 0.384 e. The van der Waals surface area contributed by atoms with Crippen molar-refractivity contribution >= 4 is 33.9 Å². The number of aliphatic hydroxyl groups is 1. The Morgan fingerprint density at radius 1 is 1.19 bits per heavy atom. The average Bonchev–Trinajstić information content (AvgIpc) is 2.67. The number of hydrogen-bond donors (Lipinski definition) is 2. The number of nitrogens with zero attached hydrogens (tertiary/aromatic N) is 3. The molecule has 0 saturated carbocycles. The number of aryl methyl sites for hydroxylation is 1. The molecular formula is C20H15ClN4O. The Kier molecular flexibility index (Phi) is 5.34. The van der Waals surface area contributed by atoms with Crippen LogP contribution < -0.4 is 5.32 Å². The van der Waals surface area contributed by atoms with E-state index in [1.165, 1.54) is 0 Å². The van der Waals surface area contributed by atoms with E-state index in [-0.39, 0.29) is 6.61 Å². The molecule has 2 N–H and O–H groups in total. The third-order valence-electron chi connectivity index (χ3n) is 3.87. The molecule has 128 valence electrons. The first-order valence-electron chi connectivity index (χ1n) is 7.89. The van der Waals surface area contributed by atoms with Gasteiger partial charge in [-0.05, 0) is 36.1 Å². The van der Waals surface area contributed by atoms with Crippen LogP contribution in [0.4, 0.5) is 11.5 Å². The second-order valence-electron chi connectivity index (χ2n) is 5.64. The quantitative estimate of drug-likeness (QED) is 0.544. The van der Waals surface area contributed by atoms with Crippen LogP contribution in [0.15, 0.2) is 36.4 Å². The van der Waals surface area contributed by atoms with Crippen LogP contribution in [0.2, 0.25) is 5.02 Å². The highest BCUT2D eigenvalue weighted by Gasteiger charge is 2.09. The van der Waals surface area contributed by atoms with Crippen LogP contribution in [0.5, 0.6) is 0 Å². The van der Waals surface area contributed by atoms with E-state index < -0.39 is 0 Å². The van der Waals surface area contributed by atoms with E-state index in [9.17, 15) is 0 Å². The predicted octanol–water partition coefficient (Wildman–Crippen LogP) is 4.10. The maximum atomic E-state index is 8.90. The minimum absolute atomic E-state index is 0.252. The zero-order chi connectivity index (χ0) is 18.5. The molecule has 0 aliphatic rings. The maximum Gasteiger partial charge on any atom is 0.188 e. The molecule has 1 aromatic heterocycles. The lowest BCUT2D eigenvalue weighted by Crippen LogP contribution is -2.04. The van der Waals surface area contributed by atoms with Crippen LogP contribution in [-0.4, -0.2) is 21.9 Å². The van der Waals surface area contributed by atoms with Crippen molar-refractivity contribution in [1.82, 2.24) is 10.2 Å². The van der Waals surface area contributed by atoms with E-state index in [1.54, 1.807) is 18.2 Å². The third-order valence-corrected chi connectivity index (χ3v) is 4.28. The van der Waals surface area contributed by atoms with Gasteiger partial charge in [0.05, 0.1) is 6.57 Å². The minimum Gasteiger partial charge on any atom is -0.384 e. The number of aromatic nitrogens is 2. The van der Waals surface area contributed by atoms with Gasteiger partial charge in [-0.15, -0.1) is 10.2 Å². The zero-order valence-corrected chi connectivity index (χ0v) is 14.8. The molecular weight excluding hydrogens is 348 g/mol. The molecule has 0 aliphatic heterocycles.